The van der Waals surface area contributed by atoms with Gasteiger partial charge in [-0.15, -0.1) is 6.42 Å². The van der Waals surface area contributed by atoms with Gasteiger partial charge in [0, 0.05) is 18.2 Å². The maximum absolute atomic E-state index is 12.5. The van der Waals surface area contributed by atoms with Gasteiger partial charge in [-0.05, 0) is 49.3 Å². The Morgan fingerprint density at radius 1 is 1.29 bits per heavy atom. The summed E-state index contributed by atoms with van der Waals surface area (Å²) in [7, 11) is 2.98. The molecule has 0 saturated heterocycles. The van der Waals surface area contributed by atoms with Crippen LogP contribution in [-0.2, 0) is 9.47 Å². The Morgan fingerprint density at radius 3 is 2.38 bits per heavy atom. The zero-order valence-electron chi connectivity index (χ0n) is 12.3. The Morgan fingerprint density at radius 2 is 1.90 bits per heavy atom. The fourth-order valence-electron chi connectivity index (χ4n) is 1.64. The lowest BCUT2D eigenvalue weighted by Gasteiger charge is -2.13. The van der Waals surface area contributed by atoms with E-state index in [-0.39, 0.29) is 11.5 Å². The highest BCUT2D eigenvalue weighted by atomic mass is 16.5. The van der Waals surface area contributed by atoms with E-state index in [2.05, 4.69) is 5.92 Å². The number of hydrogen-bond donors (Lipinski definition) is 1. The summed E-state index contributed by atoms with van der Waals surface area (Å²) in [6.07, 6.45) is 7.99. The van der Waals surface area contributed by atoms with Crippen molar-refractivity contribution in [3.05, 3.63) is 53.3 Å². The number of rotatable bonds is 6. The summed E-state index contributed by atoms with van der Waals surface area (Å²) in [5, 5.41) is 9.27. The first-order valence-corrected chi connectivity index (χ1v) is 6.32. The van der Waals surface area contributed by atoms with Crippen molar-refractivity contribution in [2.75, 3.05) is 14.2 Å². The minimum Gasteiger partial charge on any atom is -0.508 e. The number of methoxy groups -OCH3 is 2. The second kappa shape index (κ2) is 7.93. The average molecular weight is 286 g/mol. The van der Waals surface area contributed by atoms with Gasteiger partial charge in [-0.1, -0.05) is 0 Å². The number of carbonyl (C=O) groups is 1. The van der Waals surface area contributed by atoms with Crippen LogP contribution in [0.15, 0.2) is 47.7 Å². The number of phenols is 1. The smallest absolute Gasteiger partial charge is 0.191 e. The van der Waals surface area contributed by atoms with E-state index in [1.807, 2.05) is 0 Å². The predicted octanol–water partition coefficient (Wildman–Crippen LogP) is 2.70. The molecule has 1 rings (SSSR count). The Labute approximate surface area is 124 Å². The monoisotopic (exact) mass is 286 g/mol. The van der Waals surface area contributed by atoms with E-state index in [4.69, 9.17) is 15.9 Å². The number of terminal acetylenes is 1. The number of ketones is 1. The Balaban J connectivity index is 3.17. The largest absolute Gasteiger partial charge is 0.508 e. The summed E-state index contributed by atoms with van der Waals surface area (Å²) in [4.78, 5) is 12.5. The molecule has 0 aromatic heterocycles. The minimum absolute atomic E-state index is 0.103. The van der Waals surface area contributed by atoms with Crippen molar-refractivity contribution in [1.82, 2.24) is 0 Å². The number of allylic oxidation sites excluding steroid dienone is 3. The Kier molecular flexibility index (Phi) is 6.25. The fraction of sp³-hybridized carbons (Fsp3) is 0.235. The van der Waals surface area contributed by atoms with E-state index in [1.54, 1.807) is 31.2 Å². The van der Waals surface area contributed by atoms with Crippen LogP contribution in [-0.4, -0.2) is 31.2 Å². The number of carbonyl (C=O) groups excluding carboxylic acids is 1. The third-order valence-electron chi connectivity index (χ3n) is 2.96. The molecule has 1 atom stereocenters. The van der Waals surface area contributed by atoms with Crippen molar-refractivity contribution in [3.63, 3.8) is 0 Å². The number of Topliss-reactive ketones (excluding diaryl/α,β-unsaturated/α-hetero) is 1. The van der Waals surface area contributed by atoms with Gasteiger partial charge in [0.2, 0.25) is 0 Å². The topological polar surface area (TPSA) is 55.8 Å². The summed E-state index contributed by atoms with van der Waals surface area (Å²) in [5.41, 5.74) is 0.893. The Bertz CT molecular complexity index is 588. The summed E-state index contributed by atoms with van der Waals surface area (Å²) < 4.78 is 10.2. The zero-order chi connectivity index (χ0) is 15.8. The van der Waals surface area contributed by atoms with Crippen molar-refractivity contribution in [2.45, 2.75) is 13.0 Å². The van der Waals surface area contributed by atoms with Crippen LogP contribution in [0.25, 0.3) is 0 Å². The average Bonchev–Trinajstić information content (AvgIpc) is 2.51. The molecule has 0 bridgehead atoms. The molecule has 0 fully saturated rings. The summed E-state index contributed by atoms with van der Waals surface area (Å²) >= 11 is 0. The molecule has 1 aromatic carbocycles. The number of aromatic hydroxyl groups is 1. The van der Waals surface area contributed by atoms with Crippen molar-refractivity contribution < 1.29 is 19.4 Å². The van der Waals surface area contributed by atoms with Crippen molar-refractivity contribution in [2.24, 2.45) is 0 Å². The van der Waals surface area contributed by atoms with Gasteiger partial charge in [0.25, 0.3) is 0 Å². The first-order valence-electron chi connectivity index (χ1n) is 6.32. The van der Waals surface area contributed by atoms with Crippen LogP contribution in [0.1, 0.15) is 17.3 Å². The molecular formula is C17H18O4. The van der Waals surface area contributed by atoms with E-state index < -0.39 is 6.10 Å². The van der Waals surface area contributed by atoms with Gasteiger partial charge in [0.15, 0.2) is 11.5 Å². The third-order valence-corrected chi connectivity index (χ3v) is 2.96. The lowest BCUT2D eigenvalue weighted by Crippen LogP contribution is -2.17. The van der Waals surface area contributed by atoms with Gasteiger partial charge < -0.3 is 14.6 Å². The minimum atomic E-state index is -0.404. The normalized spacial score (nSPS) is 13.4. The molecule has 4 nitrogen and oxygen atoms in total. The Hall–Kier alpha value is -2.51. The predicted molar refractivity (Wildman–Crippen MR) is 80.9 cm³/mol. The van der Waals surface area contributed by atoms with Gasteiger partial charge >= 0.3 is 0 Å². The van der Waals surface area contributed by atoms with Gasteiger partial charge in [-0.3, -0.25) is 4.79 Å². The van der Waals surface area contributed by atoms with Crippen molar-refractivity contribution in [3.8, 4) is 18.1 Å². The van der Waals surface area contributed by atoms with Crippen LogP contribution in [0, 0.1) is 12.3 Å². The van der Waals surface area contributed by atoms with Gasteiger partial charge in [-0.25, -0.2) is 0 Å². The number of phenolic OH excluding ortho intramolecular Hbond substituents is 1. The number of ether oxygens (including phenoxy) is 2. The van der Waals surface area contributed by atoms with Crippen LogP contribution in [0.4, 0.5) is 0 Å². The maximum Gasteiger partial charge on any atom is 0.191 e. The highest BCUT2D eigenvalue weighted by Crippen LogP contribution is 2.17. The molecule has 0 heterocycles. The maximum atomic E-state index is 12.5. The summed E-state index contributed by atoms with van der Waals surface area (Å²) in [6.45, 7) is 1.76. The van der Waals surface area contributed by atoms with Crippen molar-refractivity contribution >= 4 is 5.78 Å². The number of hydrogen-bond acceptors (Lipinski definition) is 4. The molecule has 0 saturated carbocycles. The highest BCUT2D eigenvalue weighted by Gasteiger charge is 2.18. The lowest BCUT2D eigenvalue weighted by atomic mass is 9.99. The zero-order valence-corrected chi connectivity index (χ0v) is 12.3. The van der Waals surface area contributed by atoms with Crippen LogP contribution >= 0.6 is 0 Å². The molecular weight excluding hydrogens is 268 g/mol. The van der Waals surface area contributed by atoms with Crippen LogP contribution < -0.4 is 0 Å². The molecule has 0 aliphatic carbocycles. The first kappa shape index (κ1) is 16.5. The second-order valence-corrected chi connectivity index (χ2v) is 4.26. The van der Waals surface area contributed by atoms with Gasteiger partial charge in [-0.2, -0.15) is 0 Å². The highest BCUT2D eigenvalue weighted by molar-refractivity contribution is 6.09. The van der Waals surface area contributed by atoms with Crippen LogP contribution in [0.2, 0.25) is 0 Å². The summed E-state index contributed by atoms with van der Waals surface area (Å²) in [5.74, 6) is 2.58. The summed E-state index contributed by atoms with van der Waals surface area (Å²) in [6, 6.07) is 6.02. The molecule has 1 unspecified atom stereocenters. The van der Waals surface area contributed by atoms with Crippen molar-refractivity contribution in [1.29, 1.82) is 0 Å². The fourth-order valence-corrected chi connectivity index (χ4v) is 1.64. The van der Waals surface area contributed by atoms with Gasteiger partial charge in [0.1, 0.15) is 5.75 Å². The van der Waals surface area contributed by atoms with E-state index >= 15 is 0 Å². The first-order chi connectivity index (χ1) is 10.0. The molecule has 1 aromatic rings. The quantitative estimate of drug-likeness (QED) is 0.287. The number of benzene rings is 1. The van der Waals surface area contributed by atoms with E-state index in [0.29, 0.717) is 16.9 Å². The molecule has 4 heteroatoms. The molecule has 1 N–H and O–H groups in total. The van der Waals surface area contributed by atoms with E-state index in [0.717, 1.165) is 0 Å². The van der Waals surface area contributed by atoms with Crippen LogP contribution in [0.5, 0.6) is 5.75 Å². The molecule has 0 spiro atoms. The molecule has 0 aliphatic heterocycles. The van der Waals surface area contributed by atoms with E-state index in [9.17, 15) is 9.90 Å². The standard InChI is InChI=1S/C17H18O4/c1-5-15(21-4)10-11-16(12(2)20-3)17(19)13-6-8-14(18)9-7-13/h1,6-12,18H,2-4H3/b15-10+,16-11+. The molecule has 110 valence electrons. The second-order valence-electron chi connectivity index (χ2n) is 4.26. The van der Waals surface area contributed by atoms with E-state index in [1.165, 1.54) is 26.4 Å². The molecule has 0 amide bonds. The lowest BCUT2D eigenvalue weighted by molar-refractivity contribution is 0.0950. The molecule has 21 heavy (non-hydrogen) atoms. The molecule has 0 radical (unpaired) electrons. The third kappa shape index (κ3) is 4.51. The van der Waals surface area contributed by atoms with Gasteiger partial charge in [0.05, 0.1) is 13.2 Å². The molecule has 0 aliphatic rings. The SMILES string of the molecule is C#C/C(=C\C=C(\C(=O)c1ccc(O)cc1)C(C)OC)OC. The van der Waals surface area contributed by atoms with Crippen LogP contribution in [0.3, 0.4) is 0 Å².